The lowest BCUT2D eigenvalue weighted by molar-refractivity contribution is -0.141. The number of carboxylic acids is 1. The molecule has 12 heteroatoms. The van der Waals surface area contributed by atoms with E-state index < -0.39 is 40.7 Å². The zero-order valence-electron chi connectivity index (χ0n) is 14.8. The molecule has 0 aromatic heterocycles. The summed E-state index contributed by atoms with van der Waals surface area (Å²) in [7, 11) is 0. The van der Waals surface area contributed by atoms with Crippen molar-refractivity contribution in [2.45, 2.75) is 49.6 Å². The zero-order chi connectivity index (χ0) is 20.5. The molecule has 0 aliphatic carbocycles. The number of hydrogen-bond acceptors (Lipinski definition) is 7. The highest BCUT2D eigenvalue weighted by Crippen LogP contribution is 2.16. The second-order valence-corrected chi connectivity index (χ2v) is 7.77. The maximum Gasteiger partial charge on any atom is 0.327 e. The summed E-state index contributed by atoms with van der Waals surface area (Å²) in [5.41, 5.74) is 11.0. The number of nitrogens with two attached hydrogens (primary N) is 2. The molecule has 0 heterocycles. The second-order valence-electron chi connectivity index (χ2n) is 6.26. The molecule has 9 N–H and O–H groups in total. The van der Waals surface area contributed by atoms with E-state index in [1.807, 2.05) is 0 Å². The van der Waals surface area contributed by atoms with Crippen molar-refractivity contribution in [1.29, 1.82) is 5.41 Å². The van der Waals surface area contributed by atoms with Crippen molar-refractivity contribution in [3.63, 3.8) is 0 Å². The number of nitrogens with one attached hydrogen (secondary N) is 4. The van der Waals surface area contributed by atoms with Crippen molar-refractivity contribution in [1.82, 2.24) is 16.0 Å². The molecule has 2 amide bonds. The van der Waals surface area contributed by atoms with Gasteiger partial charge in [0.25, 0.3) is 0 Å². The quantitative estimate of drug-likeness (QED) is 0.0841. The van der Waals surface area contributed by atoms with Crippen LogP contribution in [0, 0.1) is 5.41 Å². The van der Waals surface area contributed by atoms with Gasteiger partial charge in [0, 0.05) is 17.0 Å². The Kier molecular flexibility index (Phi) is 10.4. The van der Waals surface area contributed by atoms with Gasteiger partial charge in [0.05, 0.1) is 6.04 Å². The fourth-order valence-corrected chi connectivity index (χ4v) is 2.20. The van der Waals surface area contributed by atoms with E-state index in [0.29, 0.717) is 13.0 Å². The van der Waals surface area contributed by atoms with Crippen LogP contribution in [0.3, 0.4) is 0 Å². The second kappa shape index (κ2) is 11.1. The first-order chi connectivity index (χ1) is 11.9. The number of thiol groups is 2. The van der Waals surface area contributed by atoms with Crippen LogP contribution in [0.2, 0.25) is 0 Å². The minimum absolute atomic E-state index is 0.100. The maximum atomic E-state index is 12.4. The number of carbonyl (C=O) groups excluding carboxylic acids is 2. The van der Waals surface area contributed by atoms with Crippen molar-refractivity contribution in [3.8, 4) is 0 Å². The molecule has 10 nitrogen and oxygen atoms in total. The Bertz CT molecular complexity index is 526. The summed E-state index contributed by atoms with van der Waals surface area (Å²) in [5.74, 6) is -2.79. The van der Waals surface area contributed by atoms with Gasteiger partial charge in [0.1, 0.15) is 12.1 Å². The van der Waals surface area contributed by atoms with Gasteiger partial charge in [-0.2, -0.15) is 25.3 Å². The Hall–Kier alpha value is -1.66. The number of hydrogen-bond donors (Lipinski definition) is 9. The van der Waals surface area contributed by atoms with E-state index in [2.05, 4.69) is 41.2 Å². The lowest BCUT2D eigenvalue weighted by Crippen LogP contribution is -2.58. The Morgan fingerprint density at radius 2 is 1.73 bits per heavy atom. The van der Waals surface area contributed by atoms with Crippen molar-refractivity contribution >= 4 is 49.0 Å². The summed E-state index contributed by atoms with van der Waals surface area (Å²) in [6.45, 7) is 3.63. The minimum atomic E-state index is -1.23. The summed E-state index contributed by atoms with van der Waals surface area (Å²) in [5, 5.41) is 23.5. The topological polar surface area (TPSA) is 183 Å². The van der Waals surface area contributed by atoms with E-state index in [0.717, 1.165) is 0 Å². The normalized spacial score (nSPS) is 14.7. The summed E-state index contributed by atoms with van der Waals surface area (Å²) in [4.78, 5) is 35.7. The Labute approximate surface area is 163 Å². The number of aliphatic carboxylic acids is 1. The SMILES string of the molecule is CC(C)(S)[C@H](N)C(=O)N[C@@H](CCCNC(=N)N)C(=O)N[C@@H](CS)C(=O)O. The molecule has 0 bridgehead atoms. The molecule has 26 heavy (non-hydrogen) atoms. The van der Waals surface area contributed by atoms with Crippen LogP contribution in [0.15, 0.2) is 0 Å². The van der Waals surface area contributed by atoms with Gasteiger partial charge in [-0.3, -0.25) is 15.0 Å². The molecule has 0 aliphatic heterocycles. The smallest absolute Gasteiger partial charge is 0.327 e. The summed E-state index contributed by atoms with van der Waals surface area (Å²) in [6.07, 6.45) is 0.590. The standard InChI is InChI=1S/C14H28N6O4S2/c1-14(2,26)9(15)11(22)19-7(4-3-5-18-13(16)17)10(21)20-8(6-25)12(23)24/h7-9,25-26H,3-6,15H2,1-2H3,(H,19,22)(H,20,21)(H,23,24)(H4,16,17,18)/t7-,8-,9+/m0/s1. The highest BCUT2D eigenvalue weighted by Gasteiger charge is 2.32. The van der Waals surface area contributed by atoms with Gasteiger partial charge < -0.3 is 32.5 Å². The van der Waals surface area contributed by atoms with Gasteiger partial charge in [-0.15, -0.1) is 0 Å². The number of carboxylic acid groups (broad SMARTS) is 1. The largest absolute Gasteiger partial charge is 0.480 e. The molecule has 0 radical (unpaired) electrons. The van der Waals surface area contributed by atoms with E-state index in [-0.39, 0.29) is 18.1 Å². The van der Waals surface area contributed by atoms with Crippen LogP contribution in [-0.2, 0) is 14.4 Å². The average Bonchev–Trinajstić information content (AvgIpc) is 2.52. The van der Waals surface area contributed by atoms with Gasteiger partial charge in [-0.05, 0) is 26.7 Å². The predicted molar refractivity (Wildman–Crippen MR) is 106 cm³/mol. The third-order valence-electron chi connectivity index (χ3n) is 3.46. The van der Waals surface area contributed by atoms with Crippen molar-refractivity contribution in [2.24, 2.45) is 11.5 Å². The summed E-state index contributed by atoms with van der Waals surface area (Å²) in [6, 6.07) is -3.16. The molecule has 0 spiro atoms. The van der Waals surface area contributed by atoms with E-state index >= 15 is 0 Å². The van der Waals surface area contributed by atoms with Crippen molar-refractivity contribution < 1.29 is 19.5 Å². The molecular formula is C14H28N6O4S2. The van der Waals surface area contributed by atoms with E-state index in [9.17, 15) is 14.4 Å². The summed E-state index contributed by atoms with van der Waals surface area (Å²) >= 11 is 8.13. The van der Waals surface area contributed by atoms with Crippen LogP contribution in [0.4, 0.5) is 0 Å². The molecule has 0 aromatic rings. The van der Waals surface area contributed by atoms with Crippen LogP contribution < -0.4 is 27.4 Å². The van der Waals surface area contributed by atoms with Crippen molar-refractivity contribution in [3.05, 3.63) is 0 Å². The molecule has 0 fully saturated rings. The molecule has 0 unspecified atom stereocenters. The van der Waals surface area contributed by atoms with E-state index in [1.54, 1.807) is 13.8 Å². The number of guanidine groups is 1. The first-order valence-corrected chi connectivity index (χ1v) is 8.98. The Morgan fingerprint density at radius 1 is 1.19 bits per heavy atom. The molecule has 0 saturated heterocycles. The lowest BCUT2D eigenvalue weighted by atomic mass is 10.0. The average molecular weight is 409 g/mol. The number of amides is 2. The van der Waals surface area contributed by atoms with Crippen LogP contribution in [0.25, 0.3) is 0 Å². The molecule has 0 saturated carbocycles. The fourth-order valence-electron chi connectivity index (χ4n) is 1.84. The molecule has 3 atom stereocenters. The van der Waals surface area contributed by atoms with Crippen molar-refractivity contribution in [2.75, 3.05) is 12.3 Å². The van der Waals surface area contributed by atoms with Crippen LogP contribution in [-0.4, -0.2) is 64.0 Å². The zero-order valence-corrected chi connectivity index (χ0v) is 16.6. The van der Waals surface area contributed by atoms with Crippen LogP contribution in [0.5, 0.6) is 0 Å². The molecule has 150 valence electrons. The predicted octanol–water partition coefficient (Wildman–Crippen LogP) is -1.73. The van der Waals surface area contributed by atoms with Crippen LogP contribution >= 0.6 is 25.3 Å². The van der Waals surface area contributed by atoms with Gasteiger partial charge in [0.2, 0.25) is 11.8 Å². The number of carbonyl (C=O) groups is 3. The van der Waals surface area contributed by atoms with E-state index in [4.69, 9.17) is 22.0 Å². The van der Waals surface area contributed by atoms with E-state index in [1.165, 1.54) is 0 Å². The molecule has 0 aromatic carbocycles. The molecular weight excluding hydrogens is 380 g/mol. The third-order valence-corrected chi connectivity index (χ3v) is 4.10. The highest BCUT2D eigenvalue weighted by atomic mass is 32.1. The summed E-state index contributed by atoms with van der Waals surface area (Å²) < 4.78 is -0.810. The van der Waals surface area contributed by atoms with Gasteiger partial charge in [-0.25, -0.2) is 4.79 Å². The number of rotatable bonds is 11. The van der Waals surface area contributed by atoms with Gasteiger partial charge in [0.15, 0.2) is 5.96 Å². The van der Waals surface area contributed by atoms with Crippen LogP contribution in [0.1, 0.15) is 26.7 Å². The Balaban J connectivity index is 5.03. The first kappa shape index (κ1) is 24.3. The van der Waals surface area contributed by atoms with Gasteiger partial charge in [-0.1, -0.05) is 0 Å². The highest BCUT2D eigenvalue weighted by molar-refractivity contribution is 7.81. The minimum Gasteiger partial charge on any atom is -0.480 e. The molecule has 0 rings (SSSR count). The maximum absolute atomic E-state index is 12.4. The third kappa shape index (κ3) is 9.15. The first-order valence-electron chi connectivity index (χ1n) is 7.90. The fraction of sp³-hybridized carbons (Fsp3) is 0.714. The lowest BCUT2D eigenvalue weighted by Gasteiger charge is -2.28. The Morgan fingerprint density at radius 3 is 2.15 bits per heavy atom. The monoisotopic (exact) mass is 408 g/mol. The molecule has 0 aliphatic rings. The van der Waals surface area contributed by atoms with Gasteiger partial charge >= 0.3 is 5.97 Å².